The van der Waals surface area contributed by atoms with Gasteiger partial charge in [0.1, 0.15) is 0 Å². The zero-order valence-corrected chi connectivity index (χ0v) is 22.6. The van der Waals surface area contributed by atoms with Gasteiger partial charge in [-0.25, -0.2) is 0 Å². The standard InChI is InChI=1S/C37H34/c1-6-37(7-2)32-11-9-8-10-29(32)30-18-15-24(22-33(30)37)28-17-14-23-12-13-25-20-27(36(3,4)5)21-26-16-19-31(28)35(23)34(25)26/h8-22H,6-7H2,1-5H3. The number of benzene rings is 6. The molecule has 0 heteroatoms. The van der Waals surface area contributed by atoms with Gasteiger partial charge in [-0.2, -0.15) is 0 Å². The van der Waals surface area contributed by atoms with Crippen LogP contribution in [0.25, 0.3) is 54.6 Å². The summed E-state index contributed by atoms with van der Waals surface area (Å²) in [6.45, 7) is 11.6. The minimum atomic E-state index is 0.0923. The molecule has 0 heterocycles. The Hall–Kier alpha value is -3.64. The molecule has 0 amide bonds. The summed E-state index contributed by atoms with van der Waals surface area (Å²) in [5.74, 6) is 0. The second-order valence-electron chi connectivity index (χ2n) is 12.0. The highest BCUT2D eigenvalue weighted by Crippen LogP contribution is 2.53. The van der Waals surface area contributed by atoms with Gasteiger partial charge in [-0.3, -0.25) is 0 Å². The first-order valence-corrected chi connectivity index (χ1v) is 13.8. The van der Waals surface area contributed by atoms with Crippen LogP contribution < -0.4 is 0 Å². The van der Waals surface area contributed by atoms with E-state index >= 15 is 0 Å². The first kappa shape index (κ1) is 22.5. The van der Waals surface area contributed by atoms with Crippen molar-refractivity contribution in [3.63, 3.8) is 0 Å². The lowest BCUT2D eigenvalue weighted by Crippen LogP contribution is -2.23. The SMILES string of the molecule is CCC1(CC)c2ccccc2-c2ccc(-c3ccc4ccc5cc(C(C)(C)C)cc6ccc3c4c56)cc21. The van der Waals surface area contributed by atoms with E-state index in [1.165, 1.54) is 71.3 Å². The molecule has 6 aromatic carbocycles. The van der Waals surface area contributed by atoms with Gasteiger partial charge in [0.05, 0.1) is 0 Å². The van der Waals surface area contributed by atoms with Crippen LogP contribution in [0.15, 0.2) is 91.0 Å². The topological polar surface area (TPSA) is 0 Å². The van der Waals surface area contributed by atoms with Gasteiger partial charge >= 0.3 is 0 Å². The molecular weight excluding hydrogens is 444 g/mol. The van der Waals surface area contributed by atoms with Crippen LogP contribution in [-0.2, 0) is 10.8 Å². The predicted molar refractivity (Wildman–Crippen MR) is 161 cm³/mol. The van der Waals surface area contributed by atoms with Crippen LogP contribution >= 0.6 is 0 Å². The van der Waals surface area contributed by atoms with Gasteiger partial charge in [-0.05, 0) is 95.6 Å². The fourth-order valence-corrected chi connectivity index (χ4v) is 7.14. The van der Waals surface area contributed by atoms with Crippen molar-refractivity contribution in [2.24, 2.45) is 0 Å². The Morgan fingerprint density at radius 1 is 0.568 bits per heavy atom. The second kappa shape index (κ2) is 7.68. The Morgan fingerprint density at radius 3 is 1.92 bits per heavy atom. The Morgan fingerprint density at radius 2 is 1.19 bits per heavy atom. The zero-order chi connectivity index (χ0) is 25.5. The molecule has 0 fully saturated rings. The maximum atomic E-state index is 2.51. The second-order valence-corrected chi connectivity index (χ2v) is 12.0. The molecule has 0 saturated heterocycles. The van der Waals surface area contributed by atoms with Gasteiger partial charge in [0.15, 0.2) is 0 Å². The van der Waals surface area contributed by atoms with Crippen LogP contribution in [0.1, 0.15) is 64.2 Å². The molecule has 0 atom stereocenters. The molecule has 182 valence electrons. The van der Waals surface area contributed by atoms with Gasteiger partial charge in [-0.15, -0.1) is 0 Å². The molecule has 0 bridgehead atoms. The monoisotopic (exact) mass is 478 g/mol. The lowest BCUT2D eigenvalue weighted by Gasteiger charge is -2.30. The van der Waals surface area contributed by atoms with Crippen molar-refractivity contribution in [2.45, 2.75) is 58.3 Å². The van der Waals surface area contributed by atoms with E-state index in [4.69, 9.17) is 0 Å². The van der Waals surface area contributed by atoms with Crippen LogP contribution in [0.5, 0.6) is 0 Å². The molecule has 37 heavy (non-hydrogen) atoms. The molecule has 0 radical (unpaired) electrons. The lowest BCUT2D eigenvalue weighted by molar-refractivity contribution is 0.490. The fraction of sp³-hybridized carbons (Fsp3) is 0.243. The van der Waals surface area contributed by atoms with E-state index in [2.05, 4.69) is 126 Å². The summed E-state index contributed by atoms with van der Waals surface area (Å²) in [7, 11) is 0. The smallest absolute Gasteiger partial charge is 0.0210 e. The molecule has 0 unspecified atom stereocenters. The zero-order valence-electron chi connectivity index (χ0n) is 22.6. The van der Waals surface area contributed by atoms with Crippen molar-refractivity contribution >= 4 is 32.3 Å². The quantitative estimate of drug-likeness (QED) is 0.222. The molecule has 6 aromatic rings. The molecule has 1 aliphatic carbocycles. The van der Waals surface area contributed by atoms with Crippen LogP contribution in [0, 0.1) is 0 Å². The highest BCUT2D eigenvalue weighted by Gasteiger charge is 2.40. The molecular formula is C37H34. The largest absolute Gasteiger partial charge is 0.0642 e. The third-order valence-electron chi connectivity index (χ3n) is 9.25. The van der Waals surface area contributed by atoms with E-state index in [-0.39, 0.29) is 10.8 Å². The fourth-order valence-electron chi connectivity index (χ4n) is 7.14. The summed E-state index contributed by atoms with van der Waals surface area (Å²) in [6, 6.07) is 35.1. The summed E-state index contributed by atoms with van der Waals surface area (Å²) < 4.78 is 0. The summed E-state index contributed by atoms with van der Waals surface area (Å²) in [5, 5.41) is 8.17. The minimum Gasteiger partial charge on any atom is -0.0642 e. The Bertz CT molecular complexity index is 1800. The first-order valence-electron chi connectivity index (χ1n) is 13.8. The number of hydrogen-bond acceptors (Lipinski definition) is 0. The van der Waals surface area contributed by atoms with E-state index in [1.807, 2.05) is 0 Å². The van der Waals surface area contributed by atoms with Crippen molar-refractivity contribution in [1.82, 2.24) is 0 Å². The first-order chi connectivity index (χ1) is 17.9. The molecule has 0 nitrogen and oxygen atoms in total. The van der Waals surface area contributed by atoms with Crippen molar-refractivity contribution in [3.8, 4) is 22.3 Å². The number of hydrogen-bond donors (Lipinski definition) is 0. The van der Waals surface area contributed by atoms with Crippen molar-refractivity contribution in [1.29, 1.82) is 0 Å². The van der Waals surface area contributed by atoms with Crippen LogP contribution in [-0.4, -0.2) is 0 Å². The minimum absolute atomic E-state index is 0.0923. The molecule has 0 aliphatic heterocycles. The third kappa shape index (κ3) is 3.02. The Labute approximate surface area is 220 Å². The summed E-state index contributed by atoms with van der Waals surface area (Å²) >= 11 is 0. The number of rotatable bonds is 3. The van der Waals surface area contributed by atoms with Gasteiger partial charge in [-0.1, -0.05) is 120 Å². The molecule has 0 spiro atoms. The average Bonchev–Trinajstić information content (AvgIpc) is 3.20. The summed E-state index contributed by atoms with van der Waals surface area (Å²) in [5.41, 5.74) is 10.1. The van der Waals surface area contributed by atoms with Gasteiger partial charge < -0.3 is 0 Å². The van der Waals surface area contributed by atoms with Crippen LogP contribution in [0.3, 0.4) is 0 Å². The van der Waals surface area contributed by atoms with E-state index in [1.54, 1.807) is 0 Å². The van der Waals surface area contributed by atoms with E-state index in [0.29, 0.717) is 0 Å². The molecule has 1 aliphatic rings. The summed E-state index contributed by atoms with van der Waals surface area (Å²) in [4.78, 5) is 0. The number of fused-ring (bicyclic) bond motifs is 3. The van der Waals surface area contributed by atoms with Gasteiger partial charge in [0, 0.05) is 5.41 Å². The van der Waals surface area contributed by atoms with Crippen molar-refractivity contribution < 1.29 is 0 Å². The highest BCUT2D eigenvalue weighted by molar-refractivity contribution is 6.25. The van der Waals surface area contributed by atoms with Crippen molar-refractivity contribution in [3.05, 3.63) is 108 Å². The van der Waals surface area contributed by atoms with Gasteiger partial charge in [0.25, 0.3) is 0 Å². The molecule has 0 saturated carbocycles. The Kier molecular flexibility index (Phi) is 4.68. The average molecular weight is 479 g/mol. The van der Waals surface area contributed by atoms with E-state index < -0.39 is 0 Å². The van der Waals surface area contributed by atoms with E-state index in [0.717, 1.165) is 12.8 Å². The van der Waals surface area contributed by atoms with Crippen LogP contribution in [0.4, 0.5) is 0 Å². The van der Waals surface area contributed by atoms with Gasteiger partial charge in [0.2, 0.25) is 0 Å². The van der Waals surface area contributed by atoms with Crippen molar-refractivity contribution in [2.75, 3.05) is 0 Å². The van der Waals surface area contributed by atoms with Crippen LogP contribution in [0.2, 0.25) is 0 Å². The molecule has 0 N–H and O–H groups in total. The van der Waals surface area contributed by atoms with E-state index in [9.17, 15) is 0 Å². The Balaban J connectivity index is 1.49. The lowest BCUT2D eigenvalue weighted by atomic mass is 9.73. The predicted octanol–water partition coefficient (Wildman–Crippen LogP) is 10.6. The highest BCUT2D eigenvalue weighted by atomic mass is 14.4. The maximum Gasteiger partial charge on any atom is 0.0210 e. The summed E-state index contributed by atoms with van der Waals surface area (Å²) in [6.07, 6.45) is 2.23. The third-order valence-corrected chi connectivity index (χ3v) is 9.25. The molecule has 0 aromatic heterocycles. The molecule has 7 rings (SSSR count). The maximum absolute atomic E-state index is 2.51. The normalized spacial score (nSPS) is 14.5.